The lowest BCUT2D eigenvalue weighted by Gasteiger charge is -2.37. The summed E-state index contributed by atoms with van der Waals surface area (Å²) >= 11 is 12.2. The van der Waals surface area contributed by atoms with E-state index in [1.54, 1.807) is 36.5 Å². The van der Waals surface area contributed by atoms with Gasteiger partial charge in [0.2, 0.25) is 0 Å². The Balaban J connectivity index is 1.41. The lowest BCUT2D eigenvalue weighted by molar-refractivity contribution is 0.102. The SMILES string of the molecule is O=C(Nc1cc(Cl)cnc1N1CCC(CN2CCCCC2)CC1)c1cccc(Cl)c1. The lowest BCUT2D eigenvalue weighted by Crippen LogP contribution is -2.40. The average Bonchev–Trinajstić information content (AvgIpc) is 2.75. The van der Waals surface area contributed by atoms with Gasteiger partial charge >= 0.3 is 0 Å². The first-order valence-electron chi connectivity index (χ1n) is 10.8. The van der Waals surface area contributed by atoms with E-state index in [1.165, 1.54) is 38.9 Å². The highest BCUT2D eigenvalue weighted by molar-refractivity contribution is 6.31. The number of hydrogen-bond acceptors (Lipinski definition) is 4. The molecule has 3 heterocycles. The van der Waals surface area contributed by atoms with Crippen molar-refractivity contribution in [3.8, 4) is 0 Å². The molecule has 1 N–H and O–H groups in total. The molecule has 4 rings (SSSR count). The van der Waals surface area contributed by atoms with Gasteiger partial charge < -0.3 is 15.1 Å². The summed E-state index contributed by atoms with van der Waals surface area (Å²) in [7, 11) is 0. The number of hydrogen-bond donors (Lipinski definition) is 1. The summed E-state index contributed by atoms with van der Waals surface area (Å²) in [5, 5.41) is 4.01. The fourth-order valence-corrected chi connectivity index (χ4v) is 4.78. The summed E-state index contributed by atoms with van der Waals surface area (Å²) in [5.41, 5.74) is 1.15. The van der Waals surface area contributed by atoms with Gasteiger partial charge in [0.05, 0.1) is 10.7 Å². The van der Waals surface area contributed by atoms with Gasteiger partial charge in [0, 0.05) is 36.4 Å². The number of pyridine rings is 1. The van der Waals surface area contributed by atoms with E-state index < -0.39 is 0 Å². The Morgan fingerprint density at radius 3 is 2.53 bits per heavy atom. The van der Waals surface area contributed by atoms with Crippen LogP contribution in [0, 0.1) is 5.92 Å². The van der Waals surface area contributed by atoms with Crippen molar-refractivity contribution in [2.45, 2.75) is 32.1 Å². The Kier molecular flexibility index (Phi) is 7.13. The largest absolute Gasteiger partial charge is 0.355 e. The van der Waals surface area contributed by atoms with E-state index in [-0.39, 0.29) is 5.91 Å². The van der Waals surface area contributed by atoms with Crippen LogP contribution in [0.4, 0.5) is 11.5 Å². The predicted octanol–water partition coefficient (Wildman–Crippen LogP) is 5.34. The minimum atomic E-state index is -0.220. The summed E-state index contributed by atoms with van der Waals surface area (Å²) in [5.74, 6) is 1.30. The number of nitrogens with zero attached hydrogens (tertiary/aromatic N) is 3. The summed E-state index contributed by atoms with van der Waals surface area (Å²) in [4.78, 5) is 22.2. The van der Waals surface area contributed by atoms with E-state index in [0.717, 1.165) is 37.7 Å². The van der Waals surface area contributed by atoms with Gasteiger partial charge in [-0.1, -0.05) is 35.7 Å². The van der Waals surface area contributed by atoms with Crippen LogP contribution in [-0.2, 0) is 0 Å². The number of likely N-dealkylation sites (tertiary alicyclic amines) is 1. The second-order valence-electron chi connectivity index (χ2n) is 8.28. The van der Waals surface area contributed by atoms with E-state index in [4.69, 9.17) is 23.2 Å². The standard InChI is InChI=1S/C23H28Cl2N4O/c24-19-6-4-5-18(13-19)23(30)27-21-14-20(25)15-26-22(21)29-11-7-17(8-12-29)16-28-9-2-1-3-10-28/h4-6,13-15,17H,1-3,7-12,16H2,(H,27,30). The maximum Gasteiger partial charge on any atom is 0.255 e. The summed E-state index contributed by atoms with van der Waals surface area (Å²) in [6.45, 7) is 5.58. The van der Waals surface area contributed by atoms with Gasteiger partial charge in [-0.05, 0) is 69.0 Å². The number of halogens is 2. The van der Waals surface area contributed by atoms with Crippen LogP contribution in [-0.4, -0.2) is 48.5 Å². The third kappa shape index (κ3) is 5.45. The first-order chi connectivity index (χ1) is 14.6. The number of carbonyl (C=O) groups is 1. The lowest BCUT2D eigenvalue weighted by atomic mass is 9.95. The Morgan fingerprint density at radius 2 is 1.80 bits per heavy atom. The van der Waals surface area contributed by atoms with Gasteiger partial charge in [0.15, 0.2) is 5.82 Å². The first kappa shape index (κ1) is 21.4. The molecule has 2 saturated heterocycles. The van der Waals surface area contributed by atoms with Crippen molar-refractivity contribution in [3.05, 3.63) is 52.1 Å². The van der Waals surface area contributed by atoms with Gasteiger partial charge in [0.25, 0.3) is 5.91 Å². The van der Waals surface area contributed by atoms with E-state index >= 15 is 0 Å². The molecule has 5 nitrogen and oxygen atoms in total. The van der Waals surface area contributed by atoms with E-state index in [0.29, 0.717) is 21.3 Å². The molecule has 0 atom stereocenters. The monoisotopic (exact) mass is 446 g/mol. The molecule has 1 amide bonds. The highest BCUT2D eigenvalue weighted by Crippen LogP contribution is 2.31. The van der Waals surface area contributed by atoms with E-state index in [2.05, 4.69) is 20.1 Å². The van der Waals surface area contributed by atoms with Crippen LogP contribution in [0.15, 0.2) is 36.5 Å². The van der Waals surface area contributed by atoms with Crippen molar-refractivity contribution in [2.75, 3.05) is 42.9 Å². The zero-order valence-electron chi connectivity index (χ0n) is 17.1. The first-order valence-corrected chi connectivity index (χ1v) is 11.5. The molecular formula is C23H28Cl2N4O. The maximum atomic E-state index is 12.7. The van der Waals surface area contributed by atoms with Crippen molar-refractivity contribution in [2.24, 2.45) is 5.92 Å². The molecule has 0 radical (unpaired) electrons. The second kappa shape index (κ2) is 9.99. The quantitative estimate of drug-likeness (QED) is 0.672. The second-order valence-corrected chi connectivity index (χ2v) is 9.15. The number of benzene rings is 1. The fraction of sp³-hybridized carbons (Fsp3) is 0.478. The zero-order chi connectivity index (χ0) is 20.9. The summed E-state index contributed by atoms with van der Waals surface area (Å²) in [6, 6.07) is 8.68. The van der Waals surface area contributed by atoms with E-state index in [1.807, 2.05) is 0 Å². The van der Waals surface area contributed by atoms with Gasteiger partial charge in [-0.25, -0.2) is 4.98 Å². The average molecular weight is 447 g/mol. The molecule has 2 aromatic rings. The van der Waals surface area contributed by atoms with Crippen molar-refractivity contribution in [3.63, 3.8) is 0 Å². The smallest absolute Gasteiger partial charge is 0.255 e. The van der Waals surface area contributed by atoms with Gasteiger partial charge in [-0.3, -0.25) is 4.79 Å². The van der Waals surface area contributed by atoms with Crippen LogP contribution in [0.5, 0.6) is 0 Å². The normalized spacial score (nSPS) is 18.4. The number of nitrogens with one attached hydrogen (secondary N) is 1. The Hall–Kier alpha value is -1.82. The Morgan fingerprint density at radius 1 is 1.03 bits per heavy atom. The van der Waals surface area contributed by atoms with Crippen LogP contribution in [0.1, 0.15) is 42.5 Å². The van der Waals surface area contributed by atoms with Gasteiger partial charge in [0.1, 0.15) is 0 Å². The molecule has 2 aliphatic heterocycles. The third-order valence-corrected chi connectivity index (χ3v) is 6.49. The number of piperidine rings is 2. The molecule has 2 fully saturated rings. The molecule has 1 aromatic carbocycles. The summed E-state index contributed by atoms with van der Waals surface area (Å²) in [6.07, 6.45) is 7.98. The Labute approximate surface area is 188 Å². The molecule has 0 bridgehead atoms. The van der Waals surface area contributed by atoms with Crippen molar-refractivity contribution < 1.29 is 4.79 Å². The highest BCUT2D eigenvalue weighted by Gasteiger charge is 2.25. The molecule has 0 saturated carbocycles. The highest BCUT2D eigenvalue weighted by atomic mass is 35.5. The molecule has 0 unspecified atom stereocenters. The van der Waals surface area contributed by atoms with E-state index in [9.17, 15) is 4.79 Å². The summed E-state index contributed by atoms with van der Waals surface area (Å²) < 4.78 is 0. The molecule has 0 spiro atoms. The minimum absolute atomic E-state index is 0.220. The third-order valence-electron chi connectivity index (χ3n) is 6.05. The van der Waals surface area contributed by atoms with Crippen molar-refractivity contribution >= 4 is 40.6 Å². The minimum Gasteiger partial charge on any atom is -0.355 e. The zero-order valence-corrected chi connectivity index (χ0v) is 18.6. The van der Waals surface area contributed by atoms with Crippen LogP contribution in [0.2, 0.25) is 10.0 Å². The Bertz CT molecular complexity index is 877. The number of rotatable bonds is 5. The number of amides is 1. The molecule has 2 aliphatic rings. The van der Waals surface area contributed by atoms with Crippen molar-refractivity contribution in [1.29, 1.82) is 0 Å². The molecule has 30 heavy (non-hydrogen) atoms. The van der Waals surface area contributed by atoms with Crippen LogP contribution in [0.25, 0.3) is 0 Å². The molecular weight excluding hydrogens is 419 g/mol. The molecule has 1 aromatic heterocycles. The van der Waals surface area contributed by atoms with Gasteiger partial charge in [-0.2, -0.15) is 0 Å². The maximum absolute atomic E-state index is 12.7. The molecule has 0 aliphatic carbocycles. The van der Waals surface area contributed by atoms with Crippen LogP contribution >= 0.6 is 23.2 Å². The molecule has 160 valence electrons. The van der Waals surface area contributed by atoms with Gasteiger partial charge in [-0.15, -0.1) is 0 Å². The number of carbonyl (C=O) groups excluding carboxylic acids is 1. The predicted molar refractivity (Wildman–Crippen MR) is 124 cm³/mol. The van der Waals surface area contributed by atoms with Crippen LogP contribution < -0.4 is 10.2 Å². The fourth-order valence-electron chi connectivity index (χ4n) is 4.43. The number of anilines is 2. The number of aromatic nitrogens is 1. The van der Waals surface area contributed by atoms with Crippen molar-refractivity contribution in [1.82, 2.24) is 9.88 Å². The molecule has 7 heteroatoms. The topological polar surface area (TPSA) is 48.5 Å². The van der Waals surface area contributed by atoms with Crippen LogP contribution in [0.3, 0.4) is 0 Å².